The molecule has 3 heteroatoms. The molecule has 0 aromatic heterocycles. The highest BCUT2D eigenvalue weighted by molar-refractivity contribution is 5.96. The van der Waals surface area contributed by atoms with Crippen molar-refractivity contribution in [1.29, 1.82) is 0 Å². The zero-order valence-corrected chi connectivity index (χ0v) is 9.45. The molecule has 0 saturated carbocycles. The van der Waals surface area contributed by atoms with E-state index in [0.717, 1.165) is 17.5 Å². The van der Waals surface area contributed by atoms with Gasteiger partial charge >= 0.3 is 5.97 Å². The van der Waals surface area contributed by atoms with Crippen LogP contribution in [0.2, 0.25) is 0 Å². The first-order valence-corrected chi connectivity index (χ1v) is 5.31. The second-order valence-corrected chi connectivity index (χ2v) is 3.58. The quantitative estimate of drug-likeness (QED) is 0.715. The average Bonchev–Trinajstić information content (AvgIpc) is 2.36. The second-order valence-electron chi connectivity index (χ2n) is 3.58. The Labute approximate surface area is 94.7 Å². The van der Waals surface area contributed by atoms with Gasteiger partial charge in [0.05, 0.1) is 7.11 Å². The van der Waals surface area contributed by atoms with Crippen LogP contribution in [0.5, 0.6) is 5.75 Å². The van der Waals surface area contributed by atoms with Crippen molar-refractivity contribution >= 4 is 12.0 Å². The van der Waals surface area contributed by atoms with Crippen molar-refractivity contribution < 1.29 is 14.3 Å². The van der Waals surface area contributed by atoms with E-state index in [9.17, 15) is 4.79 Å². The minimum absolute atomic E-state index is 0.330. The second kappa shape index (κ2) is 4.39. The predicted molar refractivity (Wildman–Crippen MR) is 61.7 cm³/mol. The molecule has 3 nitrogen and oxygen atoms in total. The van der Waals surface area contributed by atoms with Crippen LogP contribution in [0, 0.1) is 0 Å². The van der Waals surface area contributed by atoms with Crippen molar-refractivity contribution in [2.24, 2.45) is 0 Å². The average molecular weight is 218 g/mol. The van der Waals surface area contributed by atoms with Gasteiger partial charge in [-0.25, -0.2) is 4.79 Å². The highest BCUT2D eigenvalue weighted by atomic mass is 16.5. The first-order valence-electron chi connectivity index (χ1n) is 5.31. The molecule has 0 aliphatic carbocycles. The number of benzene rings is 1. The summed E-state index contributed by atoms with van der Waals surface area (Å²) >= 11 is 0. The van der Waals surface area contributed by atoms with Crippen LogP contribution in [0.4, 0.5) is 0 Å². The van der Waals surface area contributed by atoms with Gasteiger partial charge < -0.3 is 9.47 Å². The lowest BCUT2D eigenvalue weighted by Gasteiger charge is -2.17. The molecule has 0 atom stereocenters. The van der Waals surface area contributed by atoms with E-state index in [0.29, 0.717) is 17.9 Å². The van der Waals surface area contributed by atoms with Gasteiger partial charge in [-0.15, -0.1) is 0 Å². The standard InChI is InChI=1S/C13H14O3/c1-3-9-6-7-10-5-4-8-16-12(10)11(9)13(14)15-2/h4-7H,3,8H2,1-2H3. The summed E-state index contributed by atoms with van der Waals surface area (Å²) in [4.78, 5) is 11.7. The highest BCUT2D eigenvalue weighted by Crippen LogP contribution is 2.31. The molecule has 0 amide bonds. The zero-order valence-electron chi connectivity index (χ0n) is 9.45. The fraction of sp³-hybridized carbons (Fsp3) is 0.308. The Kier molecular flexibility index (Phi) is 2.95. The Balaban J connectivity index is 2.61. The molecule has 0 spiro atoms. The van der Waals surface area contributed by atoms with Gasteiger partial charge in [-0.05, 0) is 18.1 Å². The minimum atomic E-state index is -0.330. The predicted octanol–water partition coefficient (Wildman–Crippen LogP) is 2.44. The number of methoxy groups -OCH3 is 1. The number of carbonyl (C=O) groups excluding carboxylic acids is 1. The summed E-state index contributed by atoms with van der Waals surface area (Å²) in [6.07, 6.45) is 4.67. The molecular formula is C13H14O3. The lowest BCUT2D eigenvalue weighted by Crippen LogP contribution is -2.12. The molecule has 2 rings (SSSR count). The normalized spacial score (nSPS) is 12.9. The van der Waals surface area contributed by atoms with E-state index >= 15 is 0 Å². The van der Waals surface area contributed by atoms with Gasteiger partial charge in [0.15, 0.2) is 0 Å². The van der Waals surface area contributed by atoms with Crippen molar-refractivity contribution in [3.63, 3.8) is 0 Å². The first-order chi connectivity index (χ1) is 7.77. The summed E-state index contributed by atoms with van der Waals surface area (Å²) in [5.74, 6) is 0.317. The Morgan fingerprint density at radius 1 is 1.50 bits per heavy atom. The van der Waals surface area contributed by atoms with Gasteiger partial charge in [0.25, 0.3) is 0 Å². The number of fused-ring (bicyclic) bond motifs is 1. The molecule has 0 unspecified atom stereocenters. The van der Waals surface area contributed by atoms with Gasteiger partial charge in [0.2, 0.25) is 0 Å². The molecule has 0 N–H and O–H groups in total. The maximum atomic E-state index is 11.7. The third kappa shape index (κ3) is 1.69. The van der Waals surface area contributed by atoms with Crippen LogP contribution in [-0.4, -0.2) is 19.7 Å². The third-order valence-corrected chi connectivity index (χ3v) is 2.67. The summed E-state index contributed by atoms with van der Waals surface area (Å²) in [6.45, 7) is 2.51. The third-order valence-electron chi connectivity index (χ3n) is 2.67. The summed E-state index contributed by atoms with van der Waals surface area (Å²) in [5, 5.41) is 0. The van der Waals surface area contributed by atoms with E-state index in [4.69, 9.17) is 9.47 Å². The molecule has 16 heavy (non-hydrogen) atoms. The highest BCUT2D eigenvalue weighted by Gasteiger charge is 2.21. The molecule has 1 aromatic carbocycles. The number of aryl methyl sites for hydroxylation is 1. The first kappa shape index (κ1) is 10.7. The number of esters is 1. The molecule has 0 saturated heterocycles. The molecule has 1 aliphatic heterocycles. The van der Waals surface area contributed by atoms with Crippen molar-refractivity contribution in [2.45, 2.75) is 13.3 Å². The molecule has 0 radical (unpaired) electrons. The zero-order chi connectivity index (χ0) is 11.5. The molecule has 0 fully saturated rings. The molecule has 0 bridgehead atoms. The van der Waals surface area contributed by atoms with Crippen molar-refractivity contribution in [2.75, 3.05) is 13.7 Å². The van der Waals surface area contributed by atoms with E-state index < -0.39 is 0 Å². The van der Waals surface area contributed by atoms with Crippen LogP contribution in [0.15, 0.2) is 18.2 Å². The van der Waals surface area contributed by atoms with E-state index in [1.807, 2.05) is 31.2 Å². The fourth-order valence-electron chi connectivity index (χ4n) is 1.85. The summed E-state index contributed by atoms with van der Waals surface area (Å²) < 4.78 is 10.3. The van der Waals surface area contributed by atoms with Crippen molar-refractivity contribution in [3.05, 3.63) is 34.9 Å². The van der Waals surface area contributed by atoms with Gasteiger partial charge in [-0.3, -0.25) is 0 Å². The number of ether oxygens (including phenoxy) is 2. The van der Waals surface area contributed by atoms with E-state index in [2.05, 4.69) is 0 Å². The van der Waals surface area contributed by atoms with Crippen LogP contribution < -0.4 is 4.74 Å². The lowest BCUT2D eigenvalue weighted by molar-refractivity contribution is 0.0595. The van der Waals surface area contributed by atoms with E-state index in [1.54, 1.807) is 0 Å². The fourth-order valence-corrected chi connectivity index (χ4v) is 1.85. The van der Waals surface area contributed by atoms with Gasteiger partial charge in [0, 0.05) is 5.56 Å². The molecule has 84 valence electrons. The monoisotopic (exact) mass is 218 g/mol. The number of hydrogen-bond acceptors (Lipinski definition) is 3. The number of carbonyl (C=O) groups is 1. The Morgan fingerprint density at radius 2 is 2.31 bits per heavy atom. The summed E-state index contributed by atoms with van der Waals surface area (Å²) in [7, 11) is 1.39. The Morgan fingerprint density at radius 3 is 3.00 bits per heavy atom. The van der Waals surface area contributed by atoms with Crippen LogP contribution in [0.3, 0.4) is 0 Å². The maximum absolute atomic E-state index is 11.7. The number of hydrogen-bond donors (Lipinski definition) is 0. The minimum Gasteiger partial charge on any atom is -0.488 e. The number of rotatable bonds is 2. The van der Waals surface area contributed by atoms with Crippen LogP contribution in [-0.2, 0) is 11.2 Å². The Bertz CT molecular complexity index is 447. The van der Waals surface area contributed by atoms with Crippen LogP contribution in [0.1, 0.15) is 28.4 Å². The van der Waals surface area contributed by atoms with Crippen LogP contribution >= 0.6 is 0 Å². The van der Waals surface area contributed by atoms with Gasteiger partial charge in [0.1, 0.15) is 17.9 Å². The Hall–Kier alpha value is -1.77. The van der Waals surface area contributed by atoms with Gasteiger partial charge in [-0.2, -0.15) is 0 Å². The van der Waals surface area contributed by atoms with Gasteiger partial charge in [-0.1, -0.05) is 25.1 Å². The van der Waals surface area contributed by atoms with Crippen molar-refractivity contribution in [3.8, 4) is 5.75 Å². The molecular weight excluding hydrogens is 204 g/mol. The molecule has 1 aliphatic rings. The summed E-state index contributed by atoms with van der Waals surface area (Å²) in [6, 6.07) is 3.92. The lowest BCUT2D eigenvalue weighted by atomic mass is 9.99. The van der Waals surface area contributed by atoms with Crippen LogP contribution in [0.25, 0.3) is 6.08 Å². The SMILES string of the molecule is CCc1ccc2c(c1C(=O)OC)OCC=C2. The molecule has 1 heterocycles. The molecule has 1 aromatic rings. The van der Waals surface area contributed by atoms with E-state index in [-0.39, 0.29) is 5.97 Å². The topological polar surface area (TPSA) is 35.5 Å². The van der Waals surface area contributed by atoms with Crippen molar-refractivity contribution in [1.82, 2.24) is 0 Å². The van der Waals surface area contributed by atoms with E-state index in [1.165, 1.54) is 7.11 Å². The summed E-state index contributed by atoms with van der Waals surface area (Å²) in [5.41, 5.74) is 2.46. The maximum Gasteiger partial charge on any atom is 0.341 e. The largest absolute Gasteiger partial charge is 0.488 e. The smallest absolute Gasteiger partial charge is 0.341 e.